The van der Waals surface area contributed by atoms with E-state index in [4.69, 9.17) is 9.47 Å². The number of para-hydroxylation sites is 1. The van der Waals surface area contributed by atoms with Gasteiger partial charge in [0.15, 0.2) is 0 Å². The number of rotatable bonds is 1. The minimum Gasteiger partial charge on any atom is -0.348 e. The molecule has 0 N–H and O–H groups in total. The Balaban J connectivity index is 1.78. The highest BCUT2D eigenvalue weighted by atomic mass is 16.7. The zero-order valence-corrected chi connectivity index (χ0v) is 17.3. The van der Waals surface area contributed by atoms with Crippen molar-refractivity contribution in [3.63, 3.8) is 0 Å². The lowest BCUT2D eigenvalue weighted by Gasteiger charge is -2.47. The maximum atomic E-state index is 13.9. The molecule has 1 aromatic carbocycles. The van der Waals surface area contributed by atoms with Crippen LogP contribution in [0.4, 0.5) is 5.69 Å². The average Bonchev–Trinajstić information content (AvgIpc) is 2.98. The van der Waals surface area contributed by atoms with Gasteiger partial charge in [-0.2, -0.15) is 0 Å². The zero-order chi connectivity index (χ0) is 20.3. The van der Waals surface area contributed by atoms with Gasteiger partial charge in [0.2, 0.25) is 6.29 Å². The van der Waals surface area contributed by atoms with Crippen LogP contribution in [0.25, 0.3) is 0 Å². The van der Waals surface area contributed by atoms with Crippen molar-refractivity contribution in [2.75, 3.05) is 38.8 Å². The first-order valence-electron chi connectivity index (χ1n) is 10.5. The molecule has 6 heteroatoms. The third-order valence-corrected chi connectivity index (χ3v) is 7.53. The maximum absolute atomic E-state index is 13.9. The van der Waals surface area contributed by atoms with Crippen LogP contribution in [0.2, 0.25) is 0 Å². The number of allylic oxidation sites excluding steroid dienone is 1. The summed E-state index contributed by atoms with van der Waals surface area (Å²) in [5, 5.41) is 0. The molecular formula is C23H28N2O4. The van der Waals surface area contributed by atoms with Gasteiger partial charge in [0.1, 0.15) is 5.78 Å². The number of hydrogen-bond donors (Lipinski definition) is 0. The number of likely N-dealkylation sites (N-methyl/N-ethyl adjacent to an activating group) is 1. The molecule has 3 heterocycles. The number of benzene rings is 1. The Morgan fingerprint density at radius 3 is 2.83 bits per heavy atom. The lowest BCUT2D eigenvalue weighted by molar-refractivity contribution is -0.162. The summed E-state index contributed by atoms with van der Waals surface area (Å²) in [4.78, 5) is 31.5. The van der Waals surface area contributed by atoms with Gasteiger partial charge in [-0.15, -0.1) is 0 Å². The van der Waals surface area contributed by atoms with E-state index in [1.807, 2.05) is 29.2 Å². The van der Waals surface area contributed by atoms with E-state index >= 15 is 0 Å². The van der Waals surface area contributed by atoms with E-state index in [2.05, 4.69) is 24.9 Å². The van der Waals surface area contributed by atoms with Gasteiger partial charge >= 0.3 is 0 Å². The standard InChI is InChI=1S/C23H28N2O4/c1-4-14-12-24(2)10-9-23-17-7-5-6-8-18(17)25-20(23)16(15(14)11-19(23)26)13-29-22(28-3)21(25)27/h4-8,15-16,20,22H,9-13H2,1-3H3/b14-4+/t15-,16+,20-,22-,23+/m0/s1. The monoisotopic (exact) mass is 396 g/mol. The predicted molar refractivity (Wildman–Crippen MR) is 109 cm³/mol. The fourth-order valence-electron chi connectivity index (χ4n) is 6.24. The number of carbonyl (C=O) groups excluding carboxylic acids is 2. The highest BCUT2D eigenvalue weighted by Gasteiger charge is 2.65. The molecule has 3 fully saturated rings. The number of anilines is 1. The molecule has 1 aromatic rings. The summed E-state index contributed by atoms with van der Waals surface area (Å²) in [6.45, 7) is 4.12. The summed E-state index contributed by atoms with van der Waals surface area (Å²) in [5.41, 5.74) is 2.45. The normalized spacial score (nSPS) is 38.3. The van der Waals surface area contributed by atoms with E-state index in [1.165, 1.54) is 12.7 Å². The Kier molecular flexibility index (Phi) is 4.42. The number of fused-ring (bicyclic) bond motifs is 5. The smallest absolute Gasteiger partial charge is 0.284 e. The van der Waals surface area contributed by atoms with Crippen molar-refractivity contribution in [2.45, 2.75) is 37.5 Å². The predicted octanol–water partition coefficient (Wildman–Crippen LogP) is 2.13. The van der Waals surface area contributed by atoms with Crippen molar-refractivity contribution >= 4 is 17.4 Å². The van der Waals surface area contributed by atoms with Crippen LogP contribution in [-0.2, 0) is 24.5 Å². The van der Waals surface area contributed by atoms with Gasteiger partial charge in [0.25, 0.3) is 5.91 Å². The minimum absolute atomic E-state index is 0.0573. The molecule has 5 atom stereocenters. The minimum atomic E-state index is -0.931. The number of amides is 1. The molecule has 0 unspecified atom stereocenters. The number of nitrogens with zero attached hydrogens (tertiary/aromatic N) is 2. The van der Waals surface area contributed by atoms with Gasteiger partial charge in [-0.1, -0.05) is 29.8 Å². The molecule has 1 amide bonds. The molecule has 1 aliphatic carbocycles. The number of ether oxygens (including phenoxy) is 2. The largest absolute Gasteiger partial charge is 0.348 e. The van der Waals surface area contributed by atoms with Crippen molar-refractivity contribution in [3.05, 3.63) is 41.5 Å². The highest BCUT2D eigenvalue weighted by Crippen LogP contribution is 2.58. The average molecular weight is 396 g/mol. The van der Waals surface area contributed by atoms with E-state index in [9.17, 15) is 9.59 Å². The Morgan fingerprint density at radius 1 is 1.28 bits per heavy atom. The van der Waals surface area contributed by atoms with Gasteiger partial charge in [0, 0.05) is 31.7 Å². The molecule has 5 rings (SSSR count). The van der Waals surface area contributed by atoms with Crippen LogP contribution in [0.1, 0.15) is 25.3 Å². The SMILES string of the molecule is C/C=C1\CN(C)CC[C@]23C(=O)C[C@@H]1[C@H]1CO[C@H](OC)C(=O)N(c4ccccc42)[C@@H]13. The molecule has 6 nitrogen and oxygen atoms in total. The molecule has 2 saturated heterocycles. The lowest BCUT2D eigenvalue weighted by atomic mass is 9.57. The van der Waals surface area contributed by atoms with Crippen LogP contribution in [0.5, 0.6) is 0 Å². The van der Waals surface area contributed by atoms with Gasteiger partial charge in [-0.25, -0.2) is 0 Å². The highest BCUT2D eigenvalue weighted by molar-refractivity contribution is 6.06. The second kappa shape index (κ2) is 6.76. The second-order valence-corrected chi connectivity index (χ2v) is 8.79. The van der Waals surface area contributed by atoms with E-state index in [0.29, 0.717) is 19.4 Å². The summed E-state index contributed by atoms with van der Waals surface area (Å²) in [7, 11) is 3.62. The van der Waals surface area contributed by atoms with Crippen molar-refractivity contribution in [1.82, 2.24) is 4.90 Å². The van der Waals surface area contributed by atoms with E-state index in [1.54, 1.807) is 0 Å². The number of ketones is 1. The number of Topliss-reactive ketones (excluding diaryl/α,β-unsaturated/α-hetero) is 1. The van der Waals surface area contributed by atoms with Crippen LogP contribution in [0.15, 0.2) is 35.9 Å². The van der Waals surface area contributed by atoms with Crippen LogP contribution in [0.3, 0.4) is 0 Å². The molecule has 1 spiro atoms. The van der Waals surface area contributed by atoms with E-state index in [-0.39, 0.29) is 29.6 Å². The fourth-order valence-corrected chi connectivity index (χ4v) is 6.24. The van der Waals surface area contributed by atoms with Gasteiger partial charge in [-0.3, -0.25) is 9.59 Å². The van der Waals surface area contributed by atoms with Gasteiger partial charge < -0.3 is 19.3 Å². The van der Waals surface area contributed by atoms with Gasteiger partial charge in [0.05, 0.1) is 18.1 Å². The van der Waals surface area contributed by atoms with Crippen molar-refractivity contribution in [2.24, 2.45) is 11.8 Å². The number of methoxy groups -OCH3 is 1. The molecule has 154 valence electrons. The lowest BCUT2D eigenvalue weighted by Crippen LogP contribution is -2.61. The first-order valence-corrected chi connectivity index (χ1v) is 10.5. The molecule has 3 aliphatic heterocycles. The molecular weight excluding hydrogens is 368 g/mol. The third-order valence-electron chi connectivity index (χ3n) is 7.53. The number of hydrogen-bond acceptors (Lipinski definition) is 5. The zero-order valence-electron chi connectivity index (χ0n) is 17.3. The Hall–Kier alpha value is -2.02. The first kappa shape index (κ1) is 19.0. The quantitative estimate of drug-likeness (QED) is 0.681. The second-order valence-electron chi connectivity index (χ2n) is 8.79. The van der Waals surface area contributed by atoms with Crippen molar-refractivity contribution in [1.29, 1.82) is 0 Å². The Bertz CT molecular complexity index is 897. The molecule has 29 heavy (non-hydrogen) atoms. The van der Waals surface area contributed by atoms with Crippen molar-refractivity contribution in [3.8, 4) is 0 Å². The summed E-state index contributed by atoms with van der Waals surface area (Å²) < 4.78 is 11.4. The summed E-state index contributed by atoms with van der Waals surface area (Å²) in [6, 6.07) is 7.72. The molecule has 4 aliphatic rings. The summed E-state index contributed by atoms with van der Waals surface area (Å²) in [5.74, 6) is 0.197. The van der Waals surface area contributed by atoms with Crippen LogP contribution in [0, 0.1) is 11.8 Å². The van der Waals surface area contributed by atoms with Crippen LogP contribution >= 0.6 is 0 Å². The van der Waals surface area contributed by atoms with Crippen LogP contribution in [-0.4, -0.2) is 62.8 Å². The Morgan fingerprint density at radius 2 is 2.07 bits per heavy atom. The Labute approximate surface area is 171 Å². The molecule has 2 bridgehead atoms. The summed E-state index contributed by atoms with van der Waals surface area (Å²) >= 11 is 0. The van der Waals surface area contributed by atoms with E-state index in [0.717, 1.165) is 24.3 Å². The third kappa shape index (κ3) is 2.46. The summed E-state index contributed by atoms with van der Waals surface area (Å²) in [6.07, 6.45) is 2.44. The van der Waals surface area contributed by atoms with E-state index < -0.39 is 11.7 Å². The fraction of sp³-hybridized carbons (Fsp3) is 0.565. The van der Waals surface area contributed by atoms with Gasteiger partial charge in [-0.05, 0) is 44.5 Å². The molecule has 0 aromatic heterocycles. The topological polar surface area (TPSA) is 59.1 Å². The maximum Gasteiger partial charge on any atom is 0.284 e. The molecule has 1 saturated carbocycles. The molecule has 0 radical (unpaired) electrons. The van der Waals surface area contributed by atoms with Crippen molar-refractivity contribution < 1.29 is 19.1 Å². The number of carbonyl (C=O) groups is 2. The first-order chi connectivity index (χ1) is 14.0. The van der Waals surface area contributed by atoms with Crippen LogP contribution < -0.4 is 4.90 Å².